The van der Waals surface area contributed by atoms with Crippen molar-refractivity contribution < 1.29 is 24.2 Å². The van der Waals surface area contributed by atoms with Crippen LogP contribution in [0.4, 0.5) is 0 Å². The summed E-state index contributed by atoms with van der Waals surface area (Å²) < 4.78 is 10.2. The first-order valence-electron chi connectivity index (χ1n) is 6.45. The maximum absolute atomic E-state index is 12.0. The lowest BCUT2D eigenvalue weighted by atomic mass is 9.99. The van der Waals surface area contributed by atoms with Crippen LogP contribution >= 0.6 is 11.8 Å². The molecular formula is C14H17NO5S. The Balaban J connectivity index is 1.91. The molecule has 1 amide bonds. The molecule has 114 valence electrons. The van der Waals surface area contributed by atoms with Gasteiger partial charge in [0.25, 0.3) is 0 Å². The summed E-state index contributed by atoms with van der Waals surface area (Å²) in [6.45, 7) is 0.355. The fourth-order valence-corrected chi connectivity index (χ4v) is 2.77. The number of thioether (sulfide) groups is 1. The minimum Gasteiger partial charge on any atom is -0.497 e. The molecule has 0 spiro atoms. The topological polar surface area (TPSA) is 84.9 Å². The molecule has 2 rings (SSSR count). The number of rotatable bonds is 6. The summed E-state index contributed by atoms with van der Waals surface area (Å²) in [7, 11) is 1.58. The highest BCUT2D eigenvalue weighted by molar-refractivity contribution is 8.00. The maximum Gasteiger partial charge on any atom is 0.331 e. The van der Waals surface area contributed by atoms with E-state index in [4.69, 9.17) is 9.47 Å². The Hall–Kier alpha value is -1.73. The van der Waals surface area contributed by atoms with Gasteiger partial charge in [-0.3, -0.25) is 4.79 Å². The quantitative estimate of drug-likeness (QED) is 0.767. The van der Waals surface area contributed by atoms with Crippen LogP contribution in [0.25, 0.3) is 0 Å². The number of aliphatic carboxylic acids is 1. The van der Waals surface area contributed by atoms with Gasteiger partial charge in [0, 0.05) is 17.9 Å². The number of amides is 1. The van der Waals surface area contributed by atoms with Crippen molar-refractivity contribution in [2.24, 2.45) is 0 Å². The molecule has 21 heavy (non-hydrogen) atoms. The van der Waals surface area contributed by atoms with Crippen LogP contribution in [-0.2, 0) is 14.3 Å². The molecule has 0 bridgehead atoms. The molecular weight excluding hydrogens is 294 g/mol. The Morgan fingerprint density at radius 2 is 2.33 bits per heavy atom. The van der Waals surface area contributed by atoms with E-state index in [1.807, 2.05) is 24.3 Å². The third-order valence-electron chi connectivity index (χ3n) is 3.22. The van der Waals surface area contributed by atoms with Crippen LogP contribution < -0.4 is 10.1 Å². The second-order valence-corrected chi connectivity index (χ2v) is 5.75. The van der Waals surface area contributed by atoms with Crippen molar-refractivity contribution in [2.75, 3.05) is 26.1 Å². The molecule has 1 aromatic rings. The summed E-state index contributed by atoms with van der Waals surface area (Å²) in [5.41, 5.74) is -1.29. The largest absolute Gasteiger partial charge is 0.497 e. The SMILES string of the molecule is COc1cccc(SCC(=O)NC2(C(=O)O)CCOC2)c1. The van der Waals surface area contributed by atoms with Crippen molar-refractivity contribution in [1.29, 1.82) is 0 Å². The van der Waals surface area contributed by atoms with Crippen LogP contribution in [0.5, 0.6) is 5.75 Å². The summed E-state index contributed by atoms with van der Waals surface area (Å²) in [6, 6.07) is 7.34. The second-order valence-electron chi connectivity index (χ2n) is 4.71. The van der Waals surface area contributed by atoms with Gasteiger partial charge < -0.3 is 19.9 Å². The smallest absolute Gasteiger partial charge is 0.331 e. The molecule has 1 aliphatic heterocycles. The van der Waals surface area contributed by atoms with Gasteiger partial charge in [0.15, 0.2) is 5.54 Å². The molecule has 7 heteroatoms. The number of carboxylic acid groups (broad SMARTS) is 1. The highest BCUT2D eigenvalue weighted by Gasteiger charge is 2.43. The normalized spacial score (nSPS) is 21.0. The third-order valence-corrected chi connectivity index (χ3v) is 4.21. The summed E-state index contributed by atoms with van der Waals surface area (Å²) in [4.78, 5) is 24.1. The number of carboxylic acids is 1. The van der Waals surface area contributed by atoms with Crippen LogP contribution in [0.3, 0.4) is 0 Å². The Labute approximate surface area is 126 Å². The summed E-state index contributed by atoms with van der Waals surface area (Å²) in [6.07, 6.45) is 0.290. The molecule has 1 heterocycles. The van der Waals surface area contributed by atoms with E-state index < -0.39 is 11.5 Å². The van der Waals surface area contributed by atoms with Crippen molar-refractivity contribution in [2.45, 2.75) is 16.9 Å². The Bertz CT molecular complexity index is 528. The molecule has 1 saturated heterocycles. The molecule has 0 saturated carbocycles. The Morgan fingerprint density at radius 3 is 2.95 bits per heavy atom. The molecule has 1 unspecified atom stereocenters. The predicted octanol–water partition coefficient (Wildman–Crippen LogP) is 1.15. The van der Waals surface area contributed by atoms with Crippen molar-refractivity contribution >= 4 is 23.6 Å². The molecule has 0 radical (unpaired) electrons. The zero-order chi connectivity index (χ0) is 15.3. The monoisotopic (exact) mass is 311 g/mol. The van der Waals surface area contributed by atoms with Crippen LogP contribution in [0.2, 0.25) is 0 Å². The first kappa shape index (κ1) is 15.7. The zero-order valence-corrected chi connectivity index (χ0v) is 12.4. The first-order valence-corrected chi connectivity index (χ1v) is 7.43. The molecule has 2 N–H and O–H groups in total. The van der Waals surface area contributed by atoms with Gasteiger partial charge >= 0.3 is 5.97 Å². The van der Waals surface area contributed by atoms with Gasteiger partial charge in [0.1, 0.15) is 5.75 Å². The van der Waals surface area contributed by atoms with E-state index in [1.165, 1.54) is 11.8 Å². The van der Waals surface area contributed by atoms with Gasteiger partial charge in [-0.15, -0.1) is 11.8 Å². The zero-order valence-electron chi connectivity index (χ0n) is 11.6. The fourth-order valence-electron chi connectivity index (χ4n) is 2.03. The summed E-state index contributed by atoms with van der Waals surface area (Å²) >= 11 is 1.33. The summed E-state index contributed by atoms with van der Waals surface area (Å²) in [5, 5.41) is 11.8. The van der Waals surface area contributed by atoms with Crippen molar-refractivity contribution in [1.82, 2.24) is 5.32 Å². The minimum atomic E-state index is -1.29. The van der Waals surface area contributed by atoms with E-state index in [1.54, 1.807) is 7.11 Å². The fraction of sp³-hybridized carbons (Fsp3) is 0.429. The van der Waals surface area contributed by atoms with Crippen molar-refractivity contribution in [3.05, 3.63) is 24.3 Å². The van der Waals surface area contributed by atoms with E-state index in [0.29, 0.717) is 12.4 Å². The first-order chi connectivity index (χ1) is 10.1. The van der Waals surface area contributed by atoms with E-state index in [9.17, 15) is 14.7 Å². The molecule has 6 nitrogen and oxygen atoms in total. The van der Waals surface area contributed by atoms with Crippen LogP contribution in [0.1, 0.15) is 6.42 Å². The third kappa shape index (κ3) is 3.89. The lowest BCUT2D eigenvalue weighted by molar-refractivity contribution is -0.147. The van der Waals surface area contributed by atoms with Gasteiger partial charge in [0.2, 0.25) is 5.91 Å². The molecule has 1 aliphatic rings. The molecule has 1 fully saturated rings. The Kier molecular flexibility index (Phi) is 5.08. The molecule has 0 aliphatic carbocycles. The van der Waals surface area contributed by atoms with Gasteiger partial charge in [-0.25, -0.2) is 4.79 Å². The van der Waals surface area contributed by atoms with Crippen molar-refractivity contribution in [3.8, 4) is 5.75 Å². The van der Waals surface area contributed by atoms with E-state index in [2.05, 4.69) is 5.32 Å². The lowest BCUT2D eigenvalue weighted by Gasteiger charge is -2.23. The average Bonchev–Trinajstić information content (AvgIpc) is 2.95. The van der Waals surface area contributed by atoms with E-state index in [-0.39, 0.29) is 24.7 Å². The maximum atomic E-state index is 12.0. The van der Waals surface area contributed by atoms with E-state index in [0.717, 1.165) is 4.90 Å². The predicted molar refractivity (Wildman–Crippen MR) is 77.7 cm³/mol. The lowest BCUT2D eigenvalue weighted by Crippen LogP contribution is -2.55. The number of carbonyl (C=O) groups is 2. The number of benzene rings is 1. The minimum absolute atomic E-state index is 0.0118. The summed E-state index contributed by atoms with van der Waals surface area (Å²) in [5.74, 6) is -0.524. The number of methoxy groups -OCH3 is 1. The highest BCUT2D eigenvalue weighted by Crippen LogP contribution is 2.24. The van der Waals surface area contributed by atoms with Crippen molar-refractivity contribution in [3.63, 3.8) is 0 Å². The number of hydrogen-bond donors (Lipinski definition) is 2. The Morgan fingerprint density at radius 1 is 1.52 bits per heavy atom. The number of hydrogen-bond acceptors (Lipinski definition) is 5. The highest BCUT2D eigenvalue weighted by atomic mass is 32.2. The van der Waals surface area contributed by atoms with Crippen LogP contribution in [0, 0.1) is 0 Å². The van der Waals surface area contributed by atoms with Crippen LogP contribution in [-0.4, -0.2) is 48.6 Å². The second kappa shape index (κ2) is 6.82. The number of carbonyl (C=O) groups excluding carboxylic acids is 1. The number of ether oxygens (including phenoxy) is 2. The van der Waals surface area contributed by atoms with Gasteiger partial charge in [-0.1, -0.05) is 6.07 Å². The molecule has 0 aromatic heterocycles. The van der Waals surface area contributed by atoms with Gasteiger partial charge in [0.05, 0.1) is 19.5 Å². The molecule has 1 aromatic carbocycles. The molecule has 1 atom stereocenters. The van der Waals surface area contributed by atoms with Gasteiger partial charge in [-0.05, 0) is 18.2 Å². The van der Waals surface area contributed by atoms with Crippen LogP contribution in [0.15, 0.2) is 29.2 Å². The van der Waals surface area contributed by atoms with E-state index >= 15 is 0 Å². The number of nitrogens with one attached hydrogen (secondary N) is 1. The standard InChI is InChI=1S/C14H17NO5S/c1-19-10-3-2-4-11(7-10)21-8-12(16)15-14(13(17)18)5-6-20-9-14/h2-4,7H,5-6,8-9H2,1H3,(H,15,16)(H,17,18). The van der Waals surface area contributed by atoms with Gasteiger partial charge in [-0.2, -0.15) is 0 Å². The average molecular weight is 311 g/mol.